The van der Waals surface area contributed by atoms with Crippen LogP contribution in [0.25, 0.3) is 0 Å². The Morgan fingerprint density at radius 1 is 1.47 bits per heavy atom. The van der Waals surface area contributed by atoms with E-state index in [1.807, 2.05) is 20.8 Å². The van der Waals surface area contributed by atoms with Crippen LogP contribution < -0.4 is 11.1 Å². The third-order valence-corrected chi connectivity index (χ3v) is 3.30. The van der Waals surface area contributed by atoms with Gasteiger partial charge in [-0.3, -0.25) is 5.41 Å². The Labute approximate surface area is 112 Å². The van der Waals surface area contributed by atoms with Gasteiger partial charge in [-0.2, -0.15) is 0 Å². The van der Waals surface area contributed by atoms with Crippen molar-refractivity contribution < 1.29 is 19.3 Å². The minimum absolute atomic E-state index is 0.0603. The van der Waals surface area contributed by atoms with E-state index in [4.69, 9.17) is 25.4 Å². The number of ether oxygens (including phenoxy) is 3. The molecule has 0 bridgehead atoms. The molecule has 0 aromatic rings. The molecule has 7 heteroatoms. The summed E-state index contributed by atoms with van der Waals surface area (Å²) in [5, 5.41) is 19.5. The zero-order chi connectivity index (χ0) is 14.3. The second-order valence-corrected chi connectivity index (χ2v) is 5.42. The molecule has 2 saturated heterocycles. The van der Waals surface area contributed by atoms with Crippen molar-refractivity contribution in [3.63, 3.8) is 0 Å². The average molecular weight is 271 g/mol. The number of aliphatic hydroxyl groups excluding tert-OH is 1. The van der Waals surface area contributed by atoms with E-state index in [9.17, 15) is 5.11 Å². The molecule has 0 aromatic heterocycles. The van der Waals surface area contributed by atoms with Crippen LogP contribution in [0.1, 0.15) is 20.8 Å². The first-order valence-electron chi connectivity index (χ1n) is 6.19. The van der Waals surface area contributed by atoms with Crippen LogP contribution in [0.2, 0.25) is 0 Å². The van der Waals surface area contributed by atoms with Gasteiger partial charge >= 0.3 is 0 Å². The Morgan fingerprint density at radius 2 is 2.16 bits per heavy atom. The predicted molar refractivity (Wildman–Crippen MR) is 68.4 cm³/mol. The lowest BCUT2D eigenvalue weighted by molar-refractivity contribution is -0.207. The Morgan fingerprint density at radius 3 is 2.74 bits per heavy atom. The van der Waals surface area contributed by atoms with Crippen LogP contribution in [-0.2, 0) is 14.2 Å². The highest BCUT2D eigenvalue weighted by molar-refractivity contribution is 5.88. The van der Waals surface area contributed by atoms with Crippen molar-refractivity contribution in [2.45, 2.75) is 50.6 Å². The van der Waals surface area contributed by atoms with Crippen LogP contribution in [-0.4, -0.2) is 47.4 Å². The van der Waals surface area contributed by atoms with Gasteiger partial charge in [-0.25, -0.2) is 0 Å². The fourth-order valence-electron chi connectivity index (χ4n) is 2.63. The smallest absolute Gasteiger partial charge is 0.164 e. The maximum absolute atomic E-state index is 9.37. The van der Waals surface area contributed by atoms with Crippen LogP contribution in [0.5, 0.6) is 0 Å². The molecule has 4 atom stereocenters. The summed E-state index contributed by atoms with van der Waals surface area (Å²) in [7, 11) is 0. The van der Waals surface area contributed by atoms with Crippen LogP contribution in [0.4, 0.5) is 0 Å². The molecule has 2 heterocycles. The van der Waals surface area contributed by atoms with Crippen molar-refractivity contribution >= 4 is 5.84 Å². The molecule has 5 N–H and O–H groups in total. The Hall–Kier alpha value is -1.15. The fraction of sp³-hybridized carbons (Fsp3) is 0.750. The molecule has 2 aliphatic heterocycles. The summed E-state index contributed by atoms with van der Waals surface area (Å²) in [6.45, 7) is 5.39. The first-order chi connectivity index (χ1) is 8.78. The van der Waals surface area contributed by atoms with Gasteiger partial charge in [-0.1, -0.05) is 0 Å². The Bertz CT molecular complexity index is 398. The molecular formula is C12H21N3O4. The lowest BCUT2D eigenvalue weighted by Crippen LogP contribution is -2.49. The summed E-state index contributed by atoms with van der Waals surface area (Å²) in [6, 6.07) is 0. The van der Waals surface area contributed by atoms with Gasteiger partial charge in [-0.15, -0.1) is 0 Å². The van der Waals surface area contributed by atoms with Gasteiger partial charge in [0.05, 0.1) is 6.61 Å². The van der Waals surface area contributed by atoms with Gasteiger partial charge in [0.2, 0.25) is 0 Å². The number of hydrogen-bond donors (Lipinski definition) is 4. The number of nitrogens with one attached hydrogen (secondary N) is 2. The monoisotopic (exact) mass is 271 g/mol. The van der Waals surface area contributed by atoms with Crippen LogP contribution in [0.15, 0.2) is 12.3 Å². The van der Waals surface area contributed by atoms with Gasteiger partial charge in [0.1, 0.15) is 23.6 Å². The van der Waals surface area contributed by atoms with E-state index >= 15 is 0 Å². The molecule has 7 nitrogen and oxygen atoms in total. The van der Waals surface area contributed by atoms with Crippen molar-refractivity contribution in [2.75, 3.05) is 6.61 Å². The summed E-state index contributed by atoms with van der Waals surface area (Å²) in [6.07, 6.45) is 1.66. The molecule has 0 aliphatic carbocycles. The molecule has 19 heavy (non-hydrogen) atoms. The summed E-state index contributed by atoms with van der Waals surface area (Å²) in [5.41, 5.74) is 4.52. The molecule has 2 fully saturated rings. The average Bonchev–Trinajstić information content (AvgIpc) is 2.66. The standard InChI is InChI=1S/C12H21N3O4/c1-11(2)18-9-7(6-16)17-10(12(9,3)19-11)15-5-4-8(13)14/h4-5,7,9-10,15-16H,6H2,1-3H3,(H3,13,14)/b5-4-/t7-,9-,10-,12-/m1/s1. The maximum Gasteiger partial charge on any atom is 0.164 e. The second-order valence-electron chi connectivity index (χ2n) is 5.42. The third kappa shape index (κ3) is 2.59. The van der Waals surface area contributed by atoms with E-state index in [-0.39, 0.29) is 18.5 Å². The molecule has 2 rings (SSSR count). The number of rotatable bonds is 4. The number of aliphatic hydroxyl groups is 1. The van der Waals surface area contributed by atoms with Crippen molar-refractivity contribution in [1.29, 1.82) is 5.41 Å². The fourth-order valence-corrected chi connectivity index (χ4v) is 2.63. The number of hydrogen-bond acceptors (Lipinski definition) is 6. The third-order valence-electron chi connectivity index (χ3n) is 3.30. The molecule has 0 radical (unpaired) electrons. The second kappa shape index (κ2) is 4.75. The van der Waals surface area contributed by atoms with E-state index in [0.29, 0.717) is 0 Å². The normalized spacial score (nSPS) is 40.5. The number of amidine groups is 1. The molecule has 0 aromatic carbocycles. The molecule has 0 amide bonds. The van der Waals surface area contributed by atoms with Crippen molar-refractivity contribution in [1.82, 2.24) is 5.32 Å². The van der Waals surface area contributed by atoms with Crippen molar-refractivity contribution in [3.8, 4) is 0 Å². The molecule has 108 valence electrons. The number of nitrogens with two attached hydrogens (primary N) is 1. The van der Waals surface area contributed by atoms with Gasteiger partial charge < -0.3 is 30.4 Å². The minimum atomic E-state index is -0.721. The minimum Gasteiger partial charge on any atom is -0.394 e. The highest BCUT2D eigenvalue weighted by Crippen LogP contribution is 2.45. The van der Waals surface area contributed by atoms with Crippen LogP contribution in [0.3, 0.4) is 0 Å². The summed E-state index contributed by atoms with van der Waals surface area (Å²) in [4.78, 5) is 0. The summed E-state index contributed by atoms with van der Waals surface area (Å²) < 4.78 is 17.4. The number of fused-ring (bicyclic) bond motifs is 1. The molecule has 0 saturated carbocycles. The van der Waals surface area contributed by atoms with Gasteiger partial charge in [0, 0.05) is 6.20 Å². The predicted octanol–water partition coefficient (Wildman–Crippen LogP) is -0.347. The first kappa shape index (κ1) is 14.3. The van der Waals surface area contributed by atoms with Gasteiger partial charge in [0.15, 0.2) is 12.0 Å². The van der Waals surface area contributed by atoms with Crippen molar-refractivity contribution in [2.24, 2.45) is 5.73 Å². The van der Waals surface area contributed by atoms with Crippen molar-refractivity contribution in [3.05, 3.63) is 12.3 Å². The van der Waals surface area contributed by atoms with Crippen LogP contribution >= 0.6 is 0 Å². The topological polar surface area (TPSA) is 110 Å². The maximum atomic E-state index is 9.37. The lowest BCUT2D eigenvalue weighted by atomic mass is 9.97. The molecule has 0 spiro atoms. The van der Waals surface area contributed by atoms with Crippen LogP contribution in [0, 0.1) is 5.41 Å². The van der Waals surface area contributed by atoms with E-state index in [0.717, 1.165) is 0 Å². The molecular weight excluding hydrogens is 250 g/mol. The molecule has 2 aliphatic rings. The highest BCUT2D eigenvalue weighted by atomic mass is 16.8. The van der Waals surface area contributed by atoms with E-state index in [1.54, 1.807) is 0 Å². The molecule has 0 unspecified atom stereocenters. The van der Waals surface area contributed by atoms with Gasteiger partial charge in [0.25, 0.3) is 0 Å². The quantitative estimate of drug-likeness (QED) is 0.411. The summed E-state index contributed by atoms with van der Waals surface area (Å²) >= 11 is 0. The van der Waals surface area contributed by atoms with E-state index in [1.165, 1.54) is 12.3 Å². The Kier molecular flexibility index (Phi) is 3.57. The Balaban J connectivity index is 2.14. The summed E-state index contributed by atoms with van der Waals surface area (Å²) in [5.74, 6) is -0.782. The highest BCUT2D eigenvalue weighted by Gasteiger charge is 2.63. The van der Waals surface area contributed by atoms with E-state index < -0.39 is 23.7 Å². The first-order valence-corrected chi connectivity index (χ1v) is 6.19. The largest absolute Gasteiger partial charge is 0.394 e. The zero-order valence-electron chi connectivity index (χ0n) is 11.3. The van der Waals surface area contributed by atoms with Gasteiger partial charge in [-0.05, 0) is 26.8 Å². The SMILES string of the molecule is CC1(C)O[C@@H]2[C@@H](CO)O[C@@H](N/C=C\C(=N)N)[C@]2(C)O1. The zero-order valence-corrected chi connectivity index (χ0v) is 11.3. The lowest BCUT2D eigenvalue weighted by Gasteiger charge is -2.29. The van der Waals surface area contributed by atoms with E-state index in [2.05, 4.69) is 5.32 Å².